The van der Waals surface area contributed by atoms with Crippen molar-refractivity contribution >= 4 is 17.5 Å². The van der Waals surface area contributed by atoms with Gasteiger partial charge < -0.3 is 15.1 Å². The molecule has 2 rings (SSSR count). The second kappa shape index (κ2) is 7.99. The lowest BCUT2D eigenvalue weighted by Crippen LogP contribution is -2.38. The Morgan fingerprint density at radius 3 is 2.52 bits per heavy atom. The second-order valence-corrected chi connectivity index (χ2v) is 6.24. The predicted molar refractivity (Wildman–Crippen MR) is 92.7 cm³/mol. The van der Waals surface area contributed by atoms with Gasteiger partial charge in [-0.3, -0.25) is 9.59 Å². The maximum Gasteiger partial charge on any atom is 0.251 e. The zero-order valence-corrected chi connectivity index (χ0v) is 14.3. The Kier molecular flexibility index (Phi) is 6.02. The molecule has 1 N–H and O–H groups in total. The topological polar surface area (TPSA) is 52.7 Å². The number of anilines is 1. The second-order valence-electron chi connectivity index (χ2n) is 6.24. The number of hydrogen-bond acceptors (Lipinski definition) is 3. The van der Waals surface area contributed by atoms with Crippen LogP contribution in [0.4, 0.5) is 5.69 Å². The average Bonchev–Trinajstić information content (AvgIpc) is 2.97. The van der Waals surface area contributed by atoms with Gasteiger partial charge >= 0.3 is 0 Å². The van der Waals surface area contributed by atoms with Crippen molar-refractivity contribution in [3.05, 3.63) is 29.8 Å². The predicted octanol–water partition coefficient (Wildman–Crippen LogP) is 2.27. The molecule has 1 aliphatic rings. The molecule has 0 spiro atoms. The zero-order valence-electron chi connectivity index (χ0n) is 14.3. The van der Waals surface area contributed by atoms with E-state index in [1.807, 2.05) is 48.2 Å². The van der Waals surface area contributed by atoms with Crippen LogP contribution in [0.15, 0.2) is 24.3 Å². The largest absolute Gasteiger partial charge is 0.378 e. The van der Waals surface area contributed by atoms with Gasteiger partial charge in [0.15, 0.2) is 0 Å². The van der Waals surface area contributed by atoms with E-state index in [1.165, 1.54) is 0 Å². The monoisotopic (exact) mass is 317 g/mol. The summed E-state index contributed by atoms with van der Waals surface area (Å²) in [5, 5.41) is 2.96. The molecule has 0 bridgehead atoms. The Morgan fingerprint density at radius 1 is 1.30 bits per heavy atom. The maximum absolute atomic E-state index is 12.2. The molecular formula is C18H27N3O2. The molecule has 1 fully saturated rings. The third-order valence-electron chi connectivity index (χ3n) is 4.43. The summed E-state index contributed by atoms with van der Waals surface area (Å²) in [5.74, 6) is 0.195. The molecule has 0 unspecified atom stereocenters. The Labute approximate surface area is 138 Å². The lowest BCUT2D eigenvalue weighted by atomic mass is 10.1. The summed E-state index contributed by atoms with van der Waals surface area (Å²) in [7, 11) is 3.94. The normalized spacial score (nSPS) is 15.6. The minimum Gasteiger partial charge on any atom is -0.378 e. The van der Waals surface area contributed by atoms with Crippen LogP contribution in [-0.2, 0) is 4.79 Å². The highest BCUT2D eigenvalue weighted by molar-refractivity contribution is 5.94. The Hall–Kier alpha value is -2.04. The van der Waals surface area contributed by atoms with E-state index in [-0.39, 0.29) is 17.9 Å². The molecular weight excluding hydrogens is 290 g/mol. The van der Waals surface area contributed by atoms with Gasteiger partial charge in [0.05, 0.1) is 0 Å². The molecule has 5 heteroatoms. The molecule has 0 aliphatic carbocycles. The summed E-state index contributed by atoms with van der Waals surface area (Å²) < 4.78 is 0. The van der Waals surface area contributed by atoms with Crippen LogP contribution in [0.1, 0.15) is 43.0 Å². The smallest absolute Gasteiger partial charge is 0.251 e. The summed E-state index contributed by atoms with van der Waals surface area (Å²) in [6, 6.07) is 7.79. The quantitative estimate of drug-likeness (QED) is 0.839. The van der Waals surface area contributed by atoms with Crippen molar-refractivity contribution in [3.63, 3.8) is 0 Å². The van der Waals surface area contributed by atoms with Crippen LogP contribution in [0.5, 0.6) is 0 Å². The third kappa shape index (κ3) is 4.47. The molecule has 1 atom stereocenters. The van der Waals surface area contributed by atoms with Crippen LogP contribution >= 0.6 is 0 Å². The lowest BCUT2D eigenvalue weighted by Gasteiger charge is -2.26. The van der Waals surface area contributed by atoms with Gasteiger partial charge in [0.25, 0.3) is 5.91 Å². The molecule has 0 aromatic heterocycles. The zero-order chi connectivity index (χ0) is 16.8. The molecule has 0 radical (unpaired) electrons. The van der Waals surface area contributed by atoms with Crippen molar-refractivity contribution in [1.82, 2.24) is 10.2 Å². The fourth-order valence-electron chi connectivity index (χ4n) is 3.00. The molecule has 1 aromatic rings. The fraction of sp³-hybridized carbons (Fsp3) is 0.556. The van der Waals surface area contributed by atoms with Gasteiger partial charge in [-0.1, -0.05) is 6.92 Å². The number of benzene rings is 1. The van der Waals surface area contributed by atoms with Crippen molar-refractivity contribution in [2.75, 3.05) is 32.1 Å². The summed E-state index contributed by atoms with van der Waals surface area (Å²) in [5.41, 5.74) is 1.74. The van der Waals surface area contributed by atoms with Crippen LogP contribution < -0.4 is 10.2 Å². The van der Waals surface area contributed by atoms with Crippen molar-refractivity contribution in [3.8, 4) is 0 Å². The van der Waals surface area contributed by atoms with Crippen LogP contribution in [0.3, 0.4) is 0 Å². The van der Waals surface area contributed by atoms with Gasteiger partial charge in [0, 0.05) is 50.9 Å². The first-order chi connectivity index (χ1) is 11.0. The Morgan fingerprint density at radius 2 is 2.00 bits per heavy atom. The van der Waals surface area contributed by atoms with Crippen LogP contribution in [0.25, 0.3) is 0 Å². The highest BCUT2D eigenvalue weighted by Gasteiger charge is 2.26. The first kappa shape index (κ1) is 17.3. The van der Waals surface area contributed by atoms with Crippen molar-refractivity contribution in [2.24, 2.45) is 0 Å². The van der Waals surface area contributed by atoms with E-state index < -0.39 is 0 Å². The first-order valence-corrected chi connectivity index (χ1v) is 8.38. The molecule has 5 nitrogen and oxygen atoms in total. The SMILES string of the molecule is CC[C@@H](CCNC(=O)c1ccc(N(C)C)cc1)N1CCCC1=O. The summed E-state index contributed by atoms with van der Waals surface area (Å²) in [6.45, 7) is 3.55. The molecule has 1 heterocycles. The summed E-state index contributed by atoms with van der Waals surface area (Å²) in [6.07, 6.45) is 3.36. The average molecular weight is 317 g/mol. The lowest BCUT2D eigenvalue weighted by molar-refractivity contribution is -0.129. The standard InChI is InChI=1S/C18H27N3O2/c1-4-15(21-13-5-6-17(21)22)11-12-19-18(23)14-7-9-16(10-8-14)20(2)3/h7-10,15H,4-6,11-13H2,1-3H3,(H,19,23)/t15-/m0/s1. The maximum atomic E-state index is 12.2. The molecule has 1 aliphatic heterocycles. The van der Waals surface area contributed by atoms with E-state index in [4.69, 9.17) is 0 Å². The molecule has 0 saturated carbocycles. The molecule has 126 valence electrons. The van der Waals surface area contributed by atoms with Crippen LogP contribution in [-0.4, -0.2) is 49.9 Å². The highest BCUT2D eigenvalue weighted by atomic mass is 16.2. The number of carbonyl (C=O) groups is 2. The van der Waals surface area contributed by atoms with Gasteiger partial charge in [-0.2, -0.15) is 0 Å². The van der Waals surface area contributed by atoms with E-state index in [0.717, 1.165) is 31.5 Å². The van der Waals surface area contributed by atoms with E-state index >= 15 is 0 Å². The Balaban J connectivity index is 1.82. The molecule has 1 saturated heterocycles. The Bertz CT molecular complexity index is 540. The van der Waals surface area contributed by atoms with E-state index in [2.05, 4.69) is 12.2 Å². The number of hydrogen-bond donors (Lipinski definition) is 1. The van der Waals surface area contributed by atoms with Gasteiger partial charge in [0.2, 0.25) is 5.91 Å². The van der Waals surface area contributed by atoms with Gasteiger partial charge in [0.1, 0.15) is 0 Å². The number of likely N-dealkylation sites (tertiary alicyclic amines) is 1. The van der Waals surface area contributed by atoms with Crippen molar-refractivity contribution < 1.29 is 9.59 Å². The number of amides is 2. The summed E-state index contributed by atoms with van der Waals surface area (Å²) >= 11 is 0. The fourth-order valence-corrected chi connectivity index (χ4v) is 3.00. The van der Waals surface area contributed by atoms with Crippen LogP contribution in [0.2, 0.25) is 0 Å². The number of nitrogens with zero attached hydrogens (tertiary/aromatic N) is 2. The third-order valence-corrected chi connectivity index (χ3v) is 4.43. The minimum atomic E-state index is -0.0575. The molecule has 23 heavy (non-hydrogen) atoms. The summed E-state index contributed by atoms with van der Waals surface area (Å²) in [4.78, 5) is 28.0. The van der Waals surface area contributed by atoms with Gasteiger partial charge in [-0.15, -0.1) is 0 Å². The minimum absolute atomic E-state index is 0.0575. The van der Waals surface area contributed by atoms with Gasteiger partial charge in [-0.25, -0.2) is 0 Å². The molecule has 1 aromatic carbocycles. The number of carbonyl (C=O) groups excluding carboxylic acids is 2. The van der Waals surface area contributed by atoms with Crippen molar-refractivity contribution in [1.29, 1.82) is 0 Å². The first-order valence-electron chi connectivity index (χ1n) is 8.38. The van der Waals surface area contributed by atoms with E-state index in [1.54, 1.807) is 0 Å². The van der Waals surface area contributed by atoms with Gasteiger partial charge in [-0.05, 0) is 43.5 Å². The number of nitrogens with one attached hydrogen (secondary N) is 1. The van der Waals surface area contributed by atoms with Crippen LogP contribution in [0, 0.1) is 0 Å². The molecule has 2 amide bonds. The van der Waals surface area contributed by atoms with E-state index in [0.29, 0.717) is 18.5 Å². The number of rotatable bonds is 7. The highest BCUT2D eigenvalue weighted by Crippen LogP contribution is 2.18. The van der Waals surface area contributed by atoms with Crippen molar-refractivity contribution in [2.45, 2.75) is 38.6 Å². The van der Waals surface area contributed by atoms with E-state index in [9.17, 15) is 9.59 Å².